The Bertz CT molecular complexity index is 961. The predicted octanol–water partition coefficient (Wildman–Crippen LogP) is 4.18. The van der Waals surface area contributed by atoms with Crippen molar-refractivity contribution in [1.29, 1.82) is 0 Å². The van der Waals surface area contributed by atoms with Crippen molar-refractivity contribution in [2.45, 2.75) is 0 Å². The molecule has 0 atom stereocenters. The average Bonchev–Trinajstić information content (AvgIpc) is 3.27. The van der Waals surface area contributed by atoms with Gasteiger partial charge < -0.3 is 0 Å². The summed E-state index contributed by atoms with van der Waals surface area (Å²) in [4.78, 5) is 21.1. The topological polar surface area (TPSA) is 66.9 Å². The Balaban J connectivity index is 1.48. The Morgan fingerprint density at radius 3 is 2.58 bits per heavy atom. The number of carbonyl (C=O) groups excluding carboxylic acids is 1. The summed E-state index contributed by atoms with van der Waals surface area (Å²) in [6, 6.07) is 17.0. The number of amides is 1. The molecule has 0 fully saturated rings. The molecular weight excluding hydrogens is 340 g/mol. The van der Waals surface area contributed by atoms with Crippen molar-refractivity contribution in [2.24, 2.45) is 0 Å². The van der Waals surface area contributed by atoms with Crippen LogP contribution in [0.15, 0.2) is 60.0 Å². The van der Waals surface area contributed by atoms with E-state index < -0.39 is 0 Å². The summed E-state index contributed by atoms with van der Waals surface area (Å²) in [5.41, 5.74) is 7.86. The first kappa shape index (κ1) is 14.8. The van der Waals surface area contributed by atoms with Gasteiger partial charge in [0.1, 0.15) is 10.7 Å². The Morgan fingerprint density at radius 1 is 0.958 bits per heavy atom. The van der Waals surface area contributed by atoms with Gasteiger partial charge in [-0.05, 0) is 24.3 Å². The van der Waals surface area contributed by atoms with E-state index in [2.05, 4.69) is 20.8 Å². The molecule has 4 rings (SSSR count). The molecule has 4 aromatic rings. The number of rotatable bonds is 4. The number of carbonyl (C=O) groups is 1. The minimum Gasteiger partial charge on any atom is -0.273 e. The van der Waals surface area contributed by atoms with E-state index in [0.29, 0.717) is 10.7 Å². The van der Waals surface area contributed by atoms with E-state index in [1.54, 1.807) is 23.5 Å². The number of anilines is 1. The number of nitrogens with one attached hydrogen (secondary N) is 2. The monoisotopic (exact) mass is 352 g/mol. The minimum atomic E-state index is -0.202. The van der Waals surface area contributed by atoms with E-state index in [1.807, 2.05) is 47.8 Å². The molecule has 2 aromatic heterocycles. The summed E-state index contributed by atoms with van der Waals surface area (Å²) in [5, 5.41) is 3.41. The SMILES string of the molecule is O=C(NNc1nc(-c2nc3ccccc3s2)cs1)c1ccccc1. The number of nitrogens with zero attached hydrogens (tertiary/aromatic N) is 2. The predicted molar refractivity (Wildman–Crippen MR) is 98.3 cm³/mol. The van der Waals surface area contributed by atoms with Crippen LogP contribution in [0.3, 0.4) is 0 Å². The first-order chi connectivity index (χ1) is 11.8. The molecule has 0 unspecified atom stereocenters. The van der Waals surface area contributed by atoms with E-state index in [-0.39, 0.29) is 5.91 Å². The second-order valence-electron chi connectivity index (χ2n) is 4.97. The molecule has 0 spiro atoms. The molecule has 118 valence electrons. The highest BCUT2D eigenvalue weighted by molar-refractivity contribution is 7.22. The molecule has 2 aromatic carbocycles. The molecule has 2 heterocycles. The molecule has 0 saturated carbocycles. The number of hydrogen-bond acceptors (Lipinski definition) is 6. The van der Waals surface area contributed by atoms with Crippen LogP contribution >= 0.6 is 22.7 Å². The molecular formula is C17H12N4OS2. The van der Waals surface area contributed by atoms with Crippen molar-refractivity contribution < 1.29 is 4.79 Å². The van der Waals surface area contributed by atoms with Crippen molar-refractivity contribution in [3.63, 3.8) is 0 Å². The summed E-state index contributed by atoms with van der Waals surface area (Å²) < 4.78 is 1.13. The third-order valence-corrected chi connectivity index (χ3v) is 5.15. The third-order valence-electron chi connectivity index (χ3n) is 3.34. The molecule has 0 radical (unpaired) electrons. The molecule has 1 amide bonds. The molecule has 0 bridgehead atoms. The lowest BCUT2D eigenvalue weighted by Gasteiger charge is -2.04. The van der Waals surface area contributed by atoms with Gasteiger partial charge in [-0.15, -0.1) is 22.7 Å². The summed E-state index contributed by atoms with van der Waals surface area (Å²) >= 11 is 3.02. The average molecular weight is 352 g/mol. The zero-order valence-electron chi connectivity index (χ0n) is 12.4. The Morgan fingerprint density at radius 2 is 1.75 bits per heavy atom. The molecule has 0 aliphatic carbocycles. The van der Waals surface area contributed by atoms with Gasteiger partial charge in [0.2, 0.25) is 5.13 Å². The maximum Gasteiger partial charge on any atom is 0.269 e. The second-order valence-corrected chi connectivity index (χ2v) is 6.86. The van der Waals surface area contributed by atoms with Crippen LogP contribution in [0.2, 0.25) is 0 Å². The number of hydrazine groups is 1. The fraction of sp³-hybridized carbons (Fsp3) is 0. The van der Waals surface area contributed by atoms with Crippen molar-refractivity contribution >= 4 is 43.9 Å². The molecule has 0 saturated heterocycles. The van der Waals surface area contributed by atoms with Crippen LogP contribution in [0, 0.1) is 0 Å². The second kappa shape index (κ2) is 6.38. The van der Waals surface area contributed by atoms with Crippen LogP contribution in [0.25, 0.3) is 20.9 Å². The van der Waals surface area contributed by atoms with Crippen LogP contribution in [0.1, 0.15) is 10.4 Å². The number of fused-ring (bicyclic) bond motifs is 1. The molecule has 0 aliphatic heterocycles. The maximum atomic E-state index is 12.0. The van der Waals surface area contributed by atoms with Gasteiger partial charge in [0.15, 0.2) is 0 Å². The van der Waals surface area contributed by atoms with Crippen molar-refractivity contribution in [2.75, 3.05) is 5.43 Å². The first-order valence-electron chi connectivity index (χ1n) is 7.22. The number of hydrogen-bond donors (Lipinski definition) is 2. The minimum absolute atomic E-state index is 0.202. The zero-order valence-corrected chi connectivity index (χ0v) is 14.0. The Labute approximate surface area is 146 Å². The van der Waals surface area contributed by atoms with Crippen LogP contribution in [0.4, 0.5) is 5.13 Å². The zero-order chi connectivity index (χ0) is 16.4. The van der Waals surface area contributed by atoms with E-state index in [1.165, 1.54) is 11.3 Å². The highest BCUT2D eigenvalue weighted by Gasteiger charge is 2.11. The van der Waals surface area contributed by atoms with E-state index in [4.69, 9.17) is 0 Å². The first-order valence-corrected chi connectivity index (χ1v) is 8.92. The van der Waals surface area contributed by atoms with Crippen LogP contribution < -0.4 is 10.9 Å². The van der Waals surface area contributed by atoms with Crippen LogP contribution in [0.5, 0.6) is 0 Å². The quantitative estimate of drug-likeness (QED) is 0.541. The van der Waals surface area contributed by atoms with Crippen molar-refractivity contribution in [3.8, 4) is 10.7 Å². The molecule has 24 heavy (non-hydrogen) atoms. The van der Waals surface area contributed by atoms with Crippen molar-refractivity contribution in [3.05, 3.63) is 65.5 Å². The number of aromatic nitrogens is 2. The fourth-order valence-corrected chi connectivity index (χ4v) is 3.83. The molecule has 5 nitrogen and oxygen atoms in total. The number of thiazole rings is 2. The van der Waals surface area contributed by atoms with E-state index in [9.17, 15) is 4.79 Å². The molecule has 0 aliphatic rings. The van der Waals surface area contributed by atoms with Gasteiger partial charge >= 0.3 is 0 Å². The molecule has 7 heteroatoms. The van der Waals surface area contributed by atoms with Gasteiger partial charge in [-0.25, -0.2) is 9.97 Å². The smallest absolute Gasteiger partial charge is 0.269 e. The van der Waals surface area contributed by atoms with Gasteiger partial charge in [-0.1, -0.05) is 30.3 Å². The normalized spacial score (nSPS) is 10.7. The Kier molecular flexibility index (Phi) is 3.94. The largest absolute Gasteiger partial charge is 0.273 e. The Hall–Kier alpha value is -2.77. The van der Waals surface area contributed by atoms with Gasteiger partial charge in [0.05, 0.1) is 10.2 Å². The lowest BCUT2D eigenvalue weighted by Crippen LogP contribution is -2.29. The number of para-hydroxylation sites is 1. The maximum absolute atomic E-state index is 12.0. The summed E-state index contributed by atoms with van der Waals surface area (Å²) in [6.07, 6.45) is 0. The number of benzene rings is 2. The molecule has 2 N–H and O–H groups in total. The van der Waals surface area contributed by atoms with Crippen LogP contribution in [-0.4, -0.2) is 15.9 Å². The van der Waals surface area contributed by atoms with E-state index >= 15 is 0 Å². The third kappa shape index (κ3) is 2.99. The van der Waals surface area contributed by atoms with Gasteiger partial charge in [0, 0.05) is 10.9 Å². The highest BCUT2D eigenvalue weighted by Crippen LogP contribution is 2.31. The van der Waals surface area contributed by atoms with Gasteiger partial charge in [0.25, 0.3) is 5.91 Å². The standard InChI is InChI=1S/C17H12N4OS2/c22-15(11-6-2-1-3-7-11)20-21-17-19-13(10-23-17)16-18-12-8-4-5-9-14(12)24-16/h1-10H,(H,19,21)(H,20,22). The van der Waals surface area contributed by atoms with Crippen molar-refractivity contribution in [1.82, 2.24) is 15.4 Å². The highest BCUT2D eigenvalue weighted by atomic mass is 32.1. The van der Waals surface area contributed by atoms with Gasteiger partial charge in [-0.2, -0.15) is 0 Å². The van der Waals surface area contributed by atoms with Gasteiger partial charge in [-0.3, -0.25) is 15.6 Å². The van der Waals surface area contributed by atoms with Crippen LogP contribution in [-0.2, 0) is 0 Å². The lowest BCUT2D eigenvalue weighted by atomic mass is 10.2. The summed E-state index contributed by atoms with van der Waals surface area (Å²) in [7, 11) is 0. The lowest BCUT2D eigenvalue weighted by molar-refractivity contribution is 0.0962. The fourth-order valence-electron chi connectivity index (χ4n) is 2.18. The summed E-state index contributed by atoms with van der Waals surface area (Å²) in [6.45, 7) is 0. The van der Waals surface area contributed by atoms with E-state index in [0.717, 1.165) is 20.9 Å². The summed E-state index contributed by atoms with van der Waals surface area (Å²) in [5.74, 6) is -0.202.